The van der Waals surface area contributed by atoms with Crippen LogP contribution in [-0.2, 0) is 10.9 Å². The van der Waals surface area contributed by atoms with Gasteiger partial charge in [0.1, 0.15) is 0 Å². The third kappa shape index (κ3) is 7.54. The summed E-state index contributed by atoms with van der Waals surface area (Å²) in [5.41, 5.74) is 0.429. The number of ether oxygens (including phenoxy) is 1. The van der Waals surface area contributed by atoms with Crippen LogP contribution in [-0.4, -0.2) is 66.1 Å². The summed E-state index contributed by atoms with van der Waals surface area (Å²) in [5.74, 6) is -0.704. The topological polar surface area (TPSA) is 108 Å². The molecule has 1 aliphatic rings. The van der Waals surface area contributed by atoms with E-state index >= 15 is 0 Å². The summed E-state index contributed by atoms with van der Waals surface area (Å²) >= 11 is 0. The quantitative estimate of drug-likeness (QED) is 0.327. The Kier molecular flexibility index (Phi) is 9.33. The molecule has 2 heterocycles. The molecule has 9 nitrogen and oxygen atoms in total. The lowest BCUT2D eigenvalue weighted by Gasteiger charge is -2.26. The Balaban J connectivity index is 1.34. The average molecular weight is 557 g/mol. The minimum absolute atomic E-state index is 0.103. The Hall–Kier alpha value is -4.03. The van der Waals surface area contributed by atoms with Crippen LogP contribution < -0.4 is 16.0 Å². The van der Waals surface area contributed by atoms with Crippen LogP contribution in [0.1, 0.15) is 43.8 Å². The molecule has 0 aliphatic carbocycles. The first-order valence-corrected chi connectivity index (χ1v) is 12.9. The molecule has 1 saturated heterocycles. The molecule has 4 rings (SSSR count). The second kappa shape index (κ2) is 12.9. The predicted molar refractivity (Wildman–Crippen MR) is 146 cm³/mol. The second-order valence-corrected chi connectivity index (χ2v) is 9.44. The van der Waals surface area contributed by atoms with Crippen LogP contribution in [0.25, 0.3) is 0 Å². The fourth-order valence-electron chi connectivity index (χ4n) is 4.34. The number of carbonyl (C=O) groups excluding carboxylic acids is 2. The highest BCUT2D eigenvalue weighted by Gasteiger charge is 2.33. The first-order valence-electron chi connectivity index (χ1n) is 12.9. The molecule has 212 valence electrons. The first-order chi connectivity index (χ1) is 19.1. The fraction of sp³-hybridized carbons (Fsp3) is 0.357. The van der Waals surface area contributed by atoms with E-state index in [4.69, 9.17) is 4.74 Å². The number of anilines is 3. The molecule has 12 heteroatoms. The molecule has 0 saturated carbocycles. The van der Waals surface area contributed by atoms with Gasteiger partial charge in [-0.3, -0.25) is 14.5 Å². The average Bonchev–Trinajstić information content (AvgIpc) is 2.93. The molecule has 1 fully saturated rings. The van der Waals surface area contributed by atoms with E-state index in [0.717, 1.165) is 45.3 Å². The number of amides is 2. The van der Waals surface area contributed by atoms with Crippen molar-refractivity contribution in [3.63, 3.8) is 0 Å². The molecule has 2 aromatic carbocycles. The minimum Gasteiger partial charge on any atom is -0.379 e. The van der Waals surface area contributed by atoms with Crippen molar-refractivity contribution in [2.24, 2.45) is 0 Å². The number of rotatable bonds is 9. The Labute approximate surface area is 230 Å². The second-order valence-electron chi connectivity index (χ2n) is 9.44. The normalized spacial score (nSPS) is 14.0. The minimum atomic E-state index is -4.57. The molecule has 2 amide bonds. The van der Waals surface area contributed by atoms with Gasteiger partial charge in [-0.2, -0.15) is 13.2 Å². The largest absolute Gasteiger partial charge is 0.416 e. The molecule has 1 aliphatic heterocycles. The number of morpholine rings is 1. The van der Waals surface area contributed by atoms with Gasteiger partial charge in [0.25, 0.3) is 11.8 Å². The number of carbonyl (C=O) groups is 2. The van der Waals surface area contributed by atoms with Crippen LogP contribution in [0.2, 0.25) is 0 Å². The molecular formula is C28H31F3N6O3. The zero-order chi connectivity index (χ0) is 28.7. The fourth-order valence-corrected chi connectivity index (χ4v) is 4.34. The maximum absolute atomic E-state index is 13.2. The zero-order valence-electron chi connectivity index (χ0n) is 22.3. The van der Waals surface area contributed by atoms with Crippen molar-refractivity contribution in [1.82, 2.24) is 14.9 Å². The van der Waals surface area contributed by atoms with Gasteiger partial charge in [-0.15, -0.1) is 0 Å². The molecule has 0 atom stereocenters. The van der Waals surface area contributed by atoms with Crippen LogP contribution in [0.3, 0.4) is 0 Å². The number of halogens is 3. The lowest BCUT2D eigenvalue weighted by molar-refractivity contribution is -0.138. The van der Waals surface area contributed by atoms with Crippen LogP contribution in [0.4, 0.5) is 30.5 Å². The van der Waals surface area contributed by atoms with Crippen molar-refractivity contribution in [3.05, 3.63) is 76.6 Å². The van der Waals surface area contributed by atoms with E-state index in [2.05, 4.69) is 30.8 Å². The van der Waals surface area contributed by atoms with Gasteiger partial charge in [0.2, 0.25) is 5.95 Å². The first kappa shape index (κ1) is 29.0. The smallest absolute Gasteiger partial charge is 0.379 e. The van der Waals surface area contributed by atoms with Crippen LogP contribution in [0, 0.1) is 13.8 Å². The molecule has 0 spiro atoms. The Bertz CT molecular complexity index is 1340. The van der Waals surface area contributed by atoms with Gasteiger partial charge in [0.05, 0.1) is 36.9 Å². The number of nitrogens with zero attached hydrogens (tertiary/aromatic N) is 3. The van der Waals surface area contributed by atoms with Crippen LogP contribution in [0.5, 0.6) is 0 Å². The maximum atomic E-state index is 13.2. The van der Waals surface area contributed by atoms with Crippen molar-refractivity contribution in [2.75, 3.05) is 55.3 Å². The number of hydrogen-bond acceptors (Lipinski definition) is 7. The molecule has 40 heavy (non-hydrogen) atoms. The maximum Gasteiger partial charge on any atom is 0.416 e. The summed E-state index contributed by atoms with van der Waals surface area (Å²) in [4.78, 5) is 36.6. The van der Waals surface area contributed by atoms with Crippen LogP contribution in [0.15, 0.2) is 48.8 Å². The Morgan fingerprint density at radius 1 is 0.950 bits per heavy atom. The summed E-state index contributed by atoms with van der Waals surface area (Å²) in [7, 11) is 0. The molecule has 1 aromatic heterocycles. The molecule has 0 radical (unpaired) electrons. The van der Waals surface area contributed by atoms with Crippen molar-refractivity contribution in [1.29, 1.82) is 0 Å². The molecule has 0 bridgehead atoms. The summed E-state index contributed by atoms with van der Waals surface area (Å²) in [6, 6.07) is 8.13. The van der Waals surface area contributed by atoms with E-state index in [1.165, 1.54) is 37.5 Å². The molecule has 0 unspecified atom stereocenters. The van der Waals surface area contributed by atoms with E-state index in [0.29, 0.717) is 23.7 Å². The number of hydrogen-bond donors (Lipinski definition) is 3. The SMILES string of the molecule is Cc1ccc(NC(=O)c2cccc(C(F)(F)F)c2C)cc1C(=O)Nc1cnc(NCCCN2CCOCC2)nc1. The van der Waals surface area contributed by atoms with E-state index in [-0.39, 0.29) is 22.4 Å². The lowest BCUT2D eigenvalue weighted by Crippen LogP contribution is -2.37. The van der Waals surface area contributed by atoms with Crippen molar-refractivity contribution >= 4 is 29.1 Å². The van der Waals surface area contributed by atoms with E-state index in [1.54, 1.807) is 19.1 Å². The number of benzene rings is 2. The van der Waals surface area contributed by atoms with Gasteiger partial charge in [0, 0.05) is 36.4 Å². The number of nitrogens with one attached hydrogen (secondary N) is 3. The van der Waals surface area contributed by atoms with Gasteiger partial charge < -0.3 is 20.7 Å². The van der Waals surface area contributed by atoms with Crippen molar-refractivity contribution in [2.45, 2.75) is 26.4 Å². The predicted octanol–water partition coefficient (Wildman–Crippen LogP) is 4.75. The summed E-state index contributed by atoms with van der Waals surface area (Å²) < 4.78 is 45.1. The third-order valence-electron chi connectivity index (χ3n) is 6.57. The van der Waals surface area contributed by atoms with Gasteiger partial charge in [-0.25, -0.2) is 9.97 Å². The molecular weight excluding hydrogens is 525 g/mol. The van der Waals surface area contributed by atoms with Crippen molar-refractivity contribution in [3.8, 4) is 0 Å². The lowest BCUT2D eigenvalue weighted by atomic mass is 10.0. The monoisotopic (exact) mass is 556 g/mol. The highest BCUT2D eigenvalue weighted by atomic mass is 19.4. The van der Waals surface area contributed by atoms with E-state index in [9.17, 15) is 22.8 Å². The Morgan fingerprint density at radius 3 is 2.33 bits per heavy atom. The summed E-state index contributed by atoms with van der Waals surface area (Å²) in [6.07, 6.45) is -0.656. The highest BCUT2D eigenvalue weighted by molar-refractivity contribution is 6.08. The molecule has 3 N–H and O–H groups in total. The van der Waals surface area contributed by atoms with Gasteiger partial charge >= 0.3 is 6.18 Å². The summed E-state index contributed by atoms with van der Waals surface area (Å²) in [6.45, 7) is 8.06. The third-order valence-corrected chi connectivity index (χ3v) is 6.57. The van der Waals surface area contributed by atoms with E-state index < -0.39 is 23.6 Å². The van der Waals surface area contributed by atoms with Gasteiger partial charge in [0.15, 0.2) is 0 Å². The number of alkyl halides is 3. The molecule has 3 aromatic rings. The highest BCUT2D eigenvalue weighted by Crippen LogP contribution is 2.33. The van der Waals surface area contributed by atoms with Crippen LogP contribution >= 0.6 is 0 Å². The Morgan fingerprint density at radius 2 is 1.62 bits per heavy atom. The van der Waals surface area contributed by atoms with Gasteiger partial charge in [-0.05, 0) is 62.2 Å². The number of aryl methyl sites for hydroxylation is 1. The van der Waals surface area contributed by atoms with Gasteiger partial charge in [-0.1, -0.05) is 12.1 Å². The standard InChI is InChI=1S/C28H31F3N6O3/c1-18-7-8-20(35-25(38)22-5-3-6-24(19(22)2)28(29,30)31)15-23(18)26(39)36-21-16-33-27(34-17-21)32-9-4-10-37-11-13-40-14-12-37/h3,5-8,15-17H,4,9-14H2,1-2H3,(H,35,38)(H,36,39)(H,32,33,34). The van der Waals surface area contributed by atoms with Crippen molar-refractivity contribution < 1.29 is 27.5 Å². The van der Waals surface area contributed by atoms with E-state index in [1.807, 2.05) is 0 Å². The zero-order valence-corrected chi connectivity index (χ0v) is 22.3. The summed E-state index contributed by atoms with van der Waals surface area (Å²) in [5, 5.41) is 8.49. The number of aromatic nitrogens is 2.